The minimum atomic E-state index is -0.720. The fourth-order valence-corrected chi connectivity index (χ4v) is 4.63. The summed E-state index contributed by atoms with van der Waals surface area (Å²) >= 11 is 1.01. The molecule has 1 aliphatic rings. The Morgan fingerprint density at radius 2 is 2.03 bits per heavy atom. The van der Waals surface area contributed by atoms with Crippen molar-refractivity contribution in [2.24, 2.45) is 5.73 Å². The number of hydrogen-bond acceptors (Lipinski definition) is 5. The molecule has 3 aromatic rings. The largest absolute Gasteiger partial charge is 0.324 e. The topological polar surface area (TPSA) is 80.9 Å². The first-order valence-electron chi connectivity index (χ1n) is 9.50. The lowest BCUT2D eigenvalue weighted by atomic mass is 9.82. The zero-order valence-electron chi connectivity index (χ0n) is 16.2. The van der Waals surface area contributed by atoms with E-state index in [2.05, 4.69) is 21.4 Å². The summed E-state index contributed by atoms with van der Waals surface area (Å²) in [5.41, 5.74) is 8.73. The number of allylic oxidation sites excluding steroid dienone is 1. The van der Waals surface area contributed by atoms with Gasteiger partial charge in [-0.05, 0) is 49.4 Å². The molecule has 0 spiro atoms. The quantitative estimate of drug-likeness (QED) is 0.582. The molecule has 30 heavy (non-hydrogen) atoms. The molecule has 0 saturated carbocycles. The van der Waals surface area contributed by atoms with Gasteiger partial charge in [-0.3, -0.25) is 9.78 Å². The number of hydrogen-bond donors (Lipinski definition) is 2. The highest BCUT2D eigenvalue weighted by atomic mass is 32.1. The van der Waals surface area contributed by atoms with Gasteiger partial charge in [0, 0.05) is 17.6 Å². The molecule has 8 heteroatoms. The Morgan fingerprint density at radius 3 is 2.77 bits per heavy atom. The van der Waals surface area contributed by atoms with E-state index in [9.17, 15) is 13.6 Å². The molecular formula is C22H20F2N4OS. The standard InChI is InChI=1S/C22H20F2N4OS/c1-12-7-13(9-14(25)8-12)15-5-6-26-10-18(15)27-21(29)19-11-30-22(28-19)20-16(23)3-2-4-17(20)24/h2-6,8,10-11,13-14H,7,9,25H2,1H3,(H,27,29)/t13-,14+/m1/s1. The number of pyridine rings is 1. The van der Waals surface area contributed by atoms with Crippen molar-refractivity contribution >= 4 is 22.9 Å². The van der Waals surface area contributed by atoms with Crippen molar-refractivity contribution in [1.82, 2.24) is 9.97 Å². The van der Waals surface area contributed by atoms with Gasteiger partial charge in [0.15, 0.2) is 0 Å². The number of nitrogens with zero attached hydrogens (tertiary/aromatic N) is 2. The predicted molar refractivity (Wildman–Crippen MR) is 113 cm³/mol. The molecule has 2 aromatic heterocycles. The number of thiazole rings is 1. The van der Waals surface area contributed by atoms with E-state index in [4.69, 9.17) is 5.73 Å². The summed E-state index contributed by atoms with van der Waals surface area (Å²) in [5, 5.41) is 4.44. The molecule has 2 atom stereocenters. The lowest BCUT2D eigenvalue weighted by molar-refractivity contribution is 0.102. The van der Waals surface area contributed by atoms with Crippen LogP contribution in [0.2, 0.25) is 0 Å². The minimum Gasteiger partial charge on any atom is -0.324 e. The Bertz CT molecular complexity index is 1110. The zero-order chi connectivity index (χ0) is 21.3. The van der Waals surface area contributed by atoms with Gasteiger partial charge in [-0.15, -0.1) is 11.3 Å². The third kappa shape index (κ3) is 4.15. The fraction of sp³-hybridized carbons (Fsp3) is 0.227. The lowest BCUT2D eigenvalue weighted by Crippen LogP contribution is -2.25. The van der Waals surface area contributed by atoms with Crippen LogP contribution in [-0.2, 0) is 0 Å². The predicted octanol–water partition coefficient (Wildman–Crippen LogP) is 4.89. The number of nitrogens with two attached hydrogens (primary N) is 1. The van der Waals surface area contributed by atoms with Crippen LogP contribution in [0.3, 0.4) is 0 Å². The number of halogens is 2. The Hall–Kier alpha value is -2.97. The van der Waals surface area contributed by atoms with Gasteiger partial charge in [0.2, 0.25) is 0 Å². The molecule has 5 nitrogen and oxygen atoms in total. The molecule has 1 amide bonds. The fourth-order valence-electron chi connectivity index (χ4n) is 3.79. The second-order valence-electron chi connectivity index (χ2n) is 7.37. The Kier molecular flexibility index (Phi) is 5.69. The summed E-state index contributed by atoms with van der Waals surface area (Å²) in [6, 6.07) is 5.46. The van der Waals surface area contributed by atoms with Crippen molar-refractivity contribution in [1.29, 1.82) is 0 Å². The maximum Gasteiger partial charge on any atom is 0.275 e. The highest BCUT2D eigenvalue weighted by molar-refractivity contribution is 7.13. The summed E-state index contributed by atoms with van der Waals surface area (Å²) in [4.78, 5) is 21.0. The average Bonchev–Trinajstić information content (AvgIpc) is 3.17. The van der Waals surface area contributed by atoms with E-state index in [0.717, 1.165) is 41.9 Å². The molecule has 1 aliphatic carbocycles. The SMILES string of the molecule is CC1=C[C@H](N)C[C@H](c2ccncc2NC(=O)c2csc(-c3c(F)cccc3F)n2)C1. The first kappa shape index (κ1) is 20.3. The van der Waals surface area contributed by atoms with Crippen molar-refractivity contribution in [3.63, 3.8) is 0 Å². The molecule has 0 fully saturated rings. The van der Waals surface area contributed by atoms with E-state index in [1.54, 1.807) is 12.4 Å². The number of aromatic nitrogens is 2. The summed E-state index contributed by atoms with van der Waals surface area (Å²) in [5.74, 6) is -1.73. The summed E-state index contributed by atoms with van der Waals surface area (Å²) in [6.07, 6.45) is 6.97. The molecule has 0 saturated heterocycles. The van der Waals surface area contributed by atoms with Gasteiger partial charge in [0.05, 0.1) is 17.4 Å². The lowest BCUT2D eigenvalue weighted by Gasteiger charge is -2.27. The van der Waals surface area contributed by atoms with Crippen LogP contribution in [0.5, 0.6) is 0 Å². The third-order valence-corrected chi connectivity index (χ3v) is 5.94. The molecular weight excluding hydrogens is 406 g/mol. The zero-order valence-corrected chi connectivity index (χ0v) is 17.0. The van der Waals surface area contributed by atoms with Crippen LogP contribution in [-0.4, -0.2) is 21.9 Å². The maximum absolute atomic E-state index is 14.0. The van der Waals surface area contributed by atoms with Crippen molar-refractivity contribution < 1.29 is 13.6 Å². The smallest absolute Gasteiger partial charge is 0.275 e. The number of anilines is 1. The van der Waals surface area contributed by atoms with Gasteiger partial charge in [-0.2, -0.15) is 0 Å². The van der Waals surface area contributed by atoms with Crippen molar-refractivity contribution in [2.45, 2.75) is 31.7 Å². The second-order valence-corrected chi connectivity index (χ2v) is 8.22. The van der Waals surface area contributed by atoms with Gasteiger partial charge >= 0.3 is 0 Å². The van der Waals surface area contributed by atoms with Crippen molar-refractivity contribution in [2.75, 3.05) is 5.32 Å². The van der Waals surface area contributed by atoms with Crippen LogP contribution in [0.15, 0.2) is 53.7 Å². The van der Waals surface area contributed by atoms with Crippen LogP contribution < -0.4 is 11.1 Å². The van der Waals surface area contributed by atoms with E-state index in [1.807, 2.05) is 13.0 Å². The molecule has 0 radical (unpaired) electrons. The number of benzene rings is 1. The molecule has 3 N–H and O–H groups in total. The van der Waals surface area contributed by atoms with E-state index in [1.165, 1.54) is 17.0 Å². The summed E-state index contributed by atoms with van der Waals surface area (Å²) in [6.45, 7) is 2.05. The summed E-state index contributed by atoms with van der Waals surface area (Å²) in [7, 11) is 0. The Morgan fingerprint density at radius 1 is 1.27 bits per heavy atom. The highest BCUT2D eigenvalue weighted by Gasteiger charge is 2.24. The van der Waals surface area contributed by atoms with Gasteiger partial charge in [0.1, 0.15) is 22.3 Å². The monoisotopic (exact) mass is 426 g/mol. The number of carbonyl (C=O) groups excluding carboxylic acids is 1. The van der Waals surface area contributed by atoms with E-state index in [0.29, 0.717) is 5.69 Å². The van der Waals surface area contributed by atoms with Crippen molar-refractivity contribution in [3.8, 4) is 10.6 Å². The van der Waals surface area contributed by atoms with Gasteiger partial charge < -0.3 is 11.1 Å². The maximum atomic E-state index is 14.0. The van der Waals surface area contributed by atoms with Gasteiger partial charge in [-0.25, -0.2) is 13.8 Å². The van der Waals surface area contributed by atoms with Gasteiger partial charge in [0.25, 0.3) is 5.91 Å². The number of carbonyl (C=O) groups is 1. The first-order chi connectivity index (χ1) is 14.4. The highest BCUT2D eigenvalue weighted by Crippen LogP contribution is 2.36. The van der Waals surface area contributed by atoms with E-state index in [-0.39, 0.29) is 28.2 Å². The minimum absolute atomic E-state index is 0.0303. The Balaban J connectivity index is 1.57. The van der Waals surface area contributed by atoms with Crippen LogP contribution in [0.25, 0.3) is 10.6 Å². The number of nitrogens with one attached hydrogen (secondary N) is 1. The average molecular weight is 426 g/mol. The van der Waals surface area contributed by atoms with E-state index < -0.39 is 17.5 Å². The van der Waals surface area contributed by atoms with Crippen LogP contribution >= 0.6 is 11.3 Å². The molecule has 154 valence electrons. The number of rotatable bonds is 4. The van der Waals surface area contributed by atoms with E-state index >= 15 is 0 Å². The normalized spacial score (nSPS) is 18.7. The molecule has 1 aromatic carbocycles. The third-order valence-electron chi connectivity index (χ3n) is 5.08. The Labute approximate surface area is 176 Å². The summed E-state index contributed by atoms with van der Waals surface area (Å²) < 4.78 is 28.0. The van der Waals surface area contributed by atoms with Crippen LogP contribution in [0, 0.1) is 11.6 Å². The molecule has 0 unspecified atom stereocenters. The van der Waals surface area contributed by atoms with Gasteiger partial charge in [-0.1, -0.05) is 17.7 Å². The molecule has 0 aliphatic heterocycles. The van der Waals surface area contributed by atoms with Crippen LogP contribution in [0.1, 0.15) is 41.7 Å². The molecule has 2 heterocycles. The van der Waals surface area contributed by atoms with Crippen LogP contribution in [0.4, 0.5) is 14.5 Å². The second kappa shape index (κ2) is 8.41. The number of amides is 1. The first-order valence-corrected chi connectivity index (χ1v) is 10.4. The molecule has 4 rings (SSSR count). The van der Waals surface area contributed by atoms with Crippen molar-refractivity contribution in [3.05, 3.63) is 76.6 Å². The molecule has 0 bridgehead atoms.